The zero-order valence-electron chi connectivity index (χ0n) is 20.6. The van der Waals surface area contributed by atoms with Crippen LogP contribution < -0.4 is 9.80 Å². The molecule has 198 valence electrons. The van der Waals surface area contributed by atoms with Crippen LogP contribution in [0.2, 0.25) is 10.0 Å². The number of hydrogen-bond donors (Lipinski definition) is 1. The lowest BCUT2D eigenvalue weighted by atomic mass is 10.1. The molecule has 2 aliphatic rings. The van der Waals surface area contributed by atoms with Gasteiger partial charge >= 0.3 is 0 Å². The molecule has 0 bridgehead atoms. The number of thioether (sulfide) groups is 2. The molecule has 2 heterocycles. The lowest BCUT2D eigenvalue weighted by molar-refractivity contribution is 0.481. The Morgan fingerprint density at radius 3 is 2.37 bits per heavy atom. The predicted molar refractivity (Wildman–Crippen MR) is 162 cm³/mol. The highest BCUT2D eigenvalue weighted by Gasteiger charge is 2.30. The fourth-order valence-corrected chi connectivity index (χ4v) is 7.75. The first-order valence-electron chi connectivity index (χ1n) is 12.1. The maximum Gasteiger partial charge on any atom is 0.264 e. The minimum absolute atomic E-state index is 0.0370. The molecule has 0 radical (unpaired) electrons. The first kappa shape index (κ1) is 27.5. The van der Waals surface area contributed by atoms with E-state index in [1.165, 1.54) is 0 Å². The van der Waals surface area contributed by atoms with Crippen LogP contribution in [0, 0.1) is 0 Å². The molecule has 0 saturated carbocycles. The van der Waals surface area contributed by atoms with Gasteiger partial charge in [0.1, 0.15) is 0 Å². The standard InChI is InChI=1S/C28H26Cl2N2O3S3/c1-2-19(15-27-31(13-6-14-38(33,34)35)23-17-20(29)9-11-25(23)36-27)16-28-32(22-7-4-3-5-8-22)24-18-21(30)10-12-26(24)37-28/h3-5,7-12,15-18,27H,2,6,13-14H2,1H3,(H,33,34,35)/b19-15+,28-16-. The van der Waals surface area contributed by atoms with Gasteiger partial charge in [-0.1, -0.05) is 71.8 Å². The summed E-state index contributed by atoms with van der Waals surface area (Å²) in [5, 5.41) is 2.37. The SMILES string of the molecule is CCC(/C=C1\Sc2ccc(Cl)cc2N1c1ccccc1)=C\C1Sc2ccc(Cl)cc2N1CCCS(=O)(=O)O. The number of hydrogen-bond acceptors (Lipinski definition) is 6. The maximum atomic E-state index is 11.3. The van der Waals surface area contributed by atoms with Gasteiger partial charge in [0, 0.05) is 32.1 Å². The quantitative estimate of drug-likeness (QED) is 0.258. The number of halogens is 2. The van der Waals surface area contributed by atoms with E-state index >= 15 is 0 Å². The number of benzene rings is 3. The minimum atomic E-state index is -4.03. The summed E-state index contributed by atoms with van der Waals surface area (Å²) in [5.74, 6) is -0.283. The Morgan fingerprint density at radius 1 is 1.00 bits per heavy atom. The van der Waals surface area contributed by atoms with E-state index in [1.54, 1.807) is 23.5 Å². The zero-order chi connectivity index (χ0) is 26.9. The third-order valence-electron chi connectivity index (χ3n) is 6.27. The molecule has 10 heteroatoms. The third kappa shape index (κ3) is 6.22. The molecule has 3 aromatic rings. The smallest absolute Gasteiger partial charge is 0.264 e. The van der Waals surface area contributed by atoms with Crippen molar-refractivity contribution in [2.75, 3.05) is 22.1 Å². The fraction of sp³-hybridized carbons (Fsp3) is 0.214. The van der Waals surface area contributed by atoms with Crippen molar-refractivity contribution in [3.05, 3.63) is 99.5 Å². The molecule has 1 unspecified atom stereocenters. The van der Waals surface area contributed by atoms with E-state index in [0.717, 1.165) is 43.9 Å². The Morgan fingerprint density at radius 2 is 1.68 bits per heavy atom. The van der Waals surface area contributed by atoms with Crippen LogP contribution in [0.25, 0.3) is 0 Å². The van der Waals surface area contributed by atoms with Gasteiger partial charge in [0.2, 0.25) is 0 Å². The Kier molecular flexibility index (Phi) is 8.38. The molecule has 0 aliphatic carbocycles. The number of fused-ring (bicyclic) bond motifs is 2. The zero-order valence-corrected chi connectivity index (χ0v) is 24.5. The summed E-state index contributed by atoms with van der Waals surface area (Å²) in [6.45, 7) is 2.61. The molecule has 0 amide bonds. The average Bonchev–Trinajstić information content (AvgIpc) is 3.40. The van der Waals surface area contributed by atoms with Crippen LogP contribution in [-0.2, 0) is 10.1 Å². The molecule has 5 nitrogen and oxygen atoms in total. The number of para-hydroxylation sites is 1. The van der Waals surface area contributed by atoms with Crippen molar-refractivity contribution >= 4 is 73.9 Å². The first-order chi connectivity index (χ1) is 18.2. The maximum absolute atomic E-state index is 11.3. The van der Waals surface area contributed by atoms with Crippen molar-refractivity contribution in [2.24, 2.45) is 0 Å². The average molecular weight is 606 g/mol. The third-order valence-corrected chi connectivity index (χ3v) is 9.85. The lowest BCUT2D eigenvalue weighted by Crippen LogP contribution is -2.30. The first-order valence-corrected chi connectivity index (χ1v) is 16.2. The highest BCUT2D eigenvalue weighted by atomic mass is 35.5. The van der Waals surface area contributed by atoms with E-state index in [-0.39, 0.29) is 11.1 Å². The van der Waals surface area contributed by atoms with Gasteiger partial charge < -0.3 is 9.80 Å². The highest BCUT2D eigenvalue weighted by molar-refractivity contribution is 8.03. The van der Waals surface area contributed by atoms with Gasteiger partial charge in [0.15, 0.2) is 0 Å². The Hall–Kier alpha value is -2.07. The van der Waals surface area contributed by atoms with Crippen LogP contribution in [0.15, 0.2) is 99.3 Å². The van der Waals surface area contributed by atoms with E-state index < -0.39 is 10.1 Å². The van der Waals surface area contributed by atoms with Crippen LogP contribution >= 0.6 is 46.7 Å². The van der Waals surface area contributed by atoms with Crippen LogP contribution in [0.5, 0.6) is 0 Å². The Labute approximate surface area is 242 Å². The molecule has 5 rings (SSSR count). The number of nitrogens with zero attached hydrogens (tertiary/aromatic N) is 2. The van der Waals surface area contributed by atoms with Crippen molar-refractivity contribution < 1.29 is 13.0 Å². The van der Waals surface area contributed by atoms with Gasteiger partial charge in [-0.3, -0.25) is 4.55 Å². The fourth-order valence-electron chi connectivity index (χ4n) is 4.51. The van der Waals surface area contributed by atoms with Crippen LogP contribution in [-0.4, -0.2) is 30.6 Å². The molecular weight excluding hydrogens is 579 g/mol. The Balaban J connectivity index is 1.49. The van der Waals surface area contributed by atoms with Crippen molar-refractivity contribution in [3.8, 4) is 0 Å². The van der Waals surface area contributed by atoms with Gasteiger partial charge in [-0.15, -0.1) is 0 Å². The summed E-state index contributed by atoms with van der Waals surface area (Å²) in [5.41, 5.74) is 4.25. The Bertz CT molecular complexity index is 1510. The van der Waals surface area contributed by atoms with Gasteiger partial charge in [-0.05, 0) is 79.1 Å². The van der Waals surface area contributed by atoms with Crippen LogP contribution in [0.3, 0.4) is 0 Å². The van der Waals surface area contributed by atoms with Crippen LogP contribution in [0.4, 0.5) is 17.1 Å². The molecular formula is C28H26Cl2N2O3S3. The summed E-state index contributed by atoms with van der Waals surface area (Å²) in [7, 11) is -4.03. The van der Waals surface area contributed by atoms with E-state index in [9.17, 15) is 13.0 Å². The molecule has 3 aromatic carbocycles. The minimum Gasteiger partial charge on any atom is -0.355 e. The second-order valence-corrected chi connectivity index (χ2v) is 13.6. The summed E-state index contributed by atoms with van der Waals surface area (Å²) < 4.78 is 31.9. The second-order valence-electron chi connectivity index (χ2n) is 8.92. The van der Waals surface area contributed by atoms with Gasteiger partial charge in [0.25, 0.3) is 10.1 Å². The molecule has 0 saturated heterocycles. The second kappa shape index (κ2) is 11.6. The summed E-state index contributed by atoms with van der Waals surface area (Å²) in [6, 6.07) is 22.0. The molecule has 1 atom stereocenters. The highest BCUT2D eigenvalue weighted by Crippen LogP contribution is 2.51. The van der Waals surface area contributed by atoms with Crippen molar-refractivity contribution in [3.63, 3.8) is 0 Å². The molecule has 2 aliphatic heterocycles. The molecule has 0 aromatic heterocycles. The summed E-state index contributed by atoms with van der Waals surface area (Å²) in [6.07, 6.45) is 5.58. The van der Waals surface area contributed by atoms with Crippen molar-refractivity contribution in [1.82, 2.24) is 0 Å². The monoisotopic (exact) mass is 604 g/mol. The van der Waals surface area contributed by atoms with E-state index in [1.807, 2.05) is 48.5 Å². The van der Waals surface area contributed by atoms with Gasteiger partial charge in [-0.2, -0.15) is 8.42 Å². The molecule has 0 spiro atoms. The summed E-state index contributed by atoms with van der Waals surface area (Å²) >= 11 is 16.1. The largest absolute Gasteiger partial charge is 0.355 e. The van der Waals surface area contributed by atoms with E-state index in [0.29, 0.717) is 23.0 Å². The van der Waals surface area contributed by atoms with E-state index in [4.69, 9.17) is 23.2 Å². The number of anilines is 3. The van der Waals surface area contributed by atoms with E-state index in [2.05, 4.69) is 47.1 Å². The predicted octanol–water partition coefficient (Wildman–Crippen LogP) is 8.63. The molecule has 38 heavy (non-hydrogen) atoms. The van der Waals surface area contributed by atoms with Gasteiger partial charge in [0.05, 0.1) is 27.5 Å². The normalized spacial score (nSPS) is 18.3. The van der Waals surface area contributed by atoms with Gasteiger partial charge in [-0.25, -0.2) is 0 Å². The summed E-state index contributed by atoms with van der Waals surface area (Å²) in [4.78, 5) is 6.63. The molecule has 0 fully saturated rings. The van der Waals surface area contributed by atoms with Crippen molar-refractivity contribution in [1.29, 1.82) is 0 Å². The molecule has 1 N–H and O–H groups in total. The number of rotatable bonds is 8. The number of allylic oxidation sites excluding steroid dienone is 2. The van der Waals surface area contributed by atoms with Crippen molar-refractivity contribution in [2.45, 2.75) is 34.9 Å². The topological polar surface area (TPSA) is 60.9 Å². The lowest BCUT2D eigenvalue weighted by Gasteiger charge is -2.25. The van der Waals surface area contributed by atoms with Crippen LogP contribution in [0.1, 0.15) is 19.8 Å².